The summed E-state index contributed by atoms with van der Waals surface area (Å²) in [6.45, 7) is 1.57. The Bertz CT molecular complexity index is 830. The molecule has 0 fully saturated rings. The predicted octanol–water partition coefficient (Wildman–Crippen LogP) is 1.29. The van der Waals surface area contributed by atoms with E-state index in [4.69, 9.17) is 5.73 Å². The quantitative estimate of drug-likeness (QED) is 0.885. The van der Waals surface area contributed by atoms with Crippen molar-refractivity contribution in [1.29, 1.82) is 0 Å². The van der Waals surface area contributed by atoms with Crippen molar-refractivity contribution in [3.8, 4) is 0 Å². The number of amides is 2. The van der Waals surface area contributed by atoms with Crippen molar-refractivity contribution in [2.75, 3.05) is 11.9 Å². The van der Waals surface area contributed by atoms with Gasteiger partial charge in [0.1, 0.15) is 0 Å². The van der Waals surface area contributed by atoms with Crippen molar-refractivity contribution in [3.63, 3.8) is 0 Å². The van der Waals surface area contributed by atoms with Crippen LogP contribution in [0.15, 0.2) is 59.6 Å². The fraction of sp³-hybridized carbons (Fsp3) is 0.211. The van der Waals surface area contributed by atoms with Crippen LogP contribution in [-0.2, 0) is 9.59 Å². The molecule has 0 bridgehead atoms. The van der Waals surface area contributed by atoms with Crippen molar-refractivity contribution < 1.29 is 9.59 Å². The van der Waals surface area contributed by atoms with Crippen LogP contribution in [0.2, 0.25) is 0 Å². The summed E-state index contributed by atoms with van der Waals surface area (Å²) in [6, 6.07) is 16.4. The number of rotatable bonds is 3. The largest absolute Gasteiger partial charge is 0.325 e. The van der Waals surface area contributed by atoms with E-state index in [2.05, 4.69) is 10.3 Å². The Morgan fingerprint density at radius 2 is 1.80 bits per heavy atom. The van der Waals surface area contributed by atoms with Crippen LogP contribution in [0, 0.1) is 0 Å². The third-order valence-electron chi connectivity index (χ3n) is 4.08. The number of carbonyl (C=O) groups excluding carboxylic acids is 2. The molecule has 0 saturated heterocycles. The third kappa shape index (κ3) is 3.29. The monoisotopic (exact) mass is 336 g/mol. The van der Waals surface area contributed by atoms with E-state index in [-0.39, 0.29) is 5.91 Å². The van der Waals surface area contributed by atoms with Crippen molar-refractivity contribution in [2.24, 2.45) is 10.7 Å². The van der Waals surface area contributed by atoms with Gasteiger partial charge in [-0.3, -0.25) is 9.59 Å². The summed E-state index contributed by atoms with van der Waals surface area (Å²) >= 11 is 0. The molecule has 0 aliphatic carbocycles. The topological polar surface area (TPSA) is 87.8 Å². The first-order chi connectivity index (χ1) is 12.0. The molecule has 25 heavy (non-hydrogen) atoms. The second-order valence-corrected chi connectivity index (χ2v) is 5.96. The Kier molecular flexibility index (Phi) is 4.63. The Hall–Kier alpha value is -2.99. The lowest BCUT2D eigenvalue weighted by Crippen LogP contribution is -2.50. The van der Waals surface area contributed by atoms with Gasteiger partial charge in [0.15, 0.2) is 0 Å². The predicted molar refractivity (Wildman–Crippen MR) is 97.5 cm³/mol. The second-order valence-electron chi connectivity index (χ2n) is 5.96. The molecular weight excluding hydrogens is 316 g/mol. The van der Waals surface area contributed by atoms with Crippen LogP contribution in [0.25, 0.3) is 0 Å². The van der Waals surface area contributed by atoms with Gasteiger partial charge in [-0.2, -0.15) is 0 Å². The van der Waals surface area contributed by atoms with E-state index in [1.165, 1.54) is 4.90 Å². The highest BCUT2D eigenvalue weighted by Gasteiger charge is 2.31. The number of nitrogens with two attached hydrogens (primary N) is 1. The Morgan fingerprint density at radius 1 is 1.16 bits per heavy atom. The first-order valence-corrected chi connectivity index (χ1v) is 8.05. The minimum absolute atomic E-state index is 0.313. The first kappa shape index (κ1) is 16.9. The molecule has 3 N–H and O–H groups in total. The summed E-state index contributed by atoms with van der Waals surface area (Å²) in [4.78, 5) is 30.9. The molecule has 6 nitrogen and oxygen atoms in total. The maximum absolute atomic E-state index is 12.8. The molecule has 1 aliphatic heterocycles. The zero-order chi connectivity index (χ0) is 18.0. The lowest BCUT2D eigenvalue weighted by molar-refractivity contribution is -0.127. The summed E-state index contributed by atoms with van der Waals surface area (Å²) in [5.41, 5.74) is 8.72. The summed E-state index contributed by atoms with van der Waals surface area (Å²) < 4.78 is 0. The van der Waals surface area contributed by atoms with Crippen molar-refractivity contribution in [2.45, 2.75) is 19.1 Å². The lowest BCUT2D eigenvalue weighted by Gasteiger charge is -2.21. The van der Waals surface area contributed by atoms with E-state index in [1.54, 1.807) is 14.0 Å². The Balaban J connectivity index is 2.14. The molecule has 6 heteroatoms. The van der Waals surface area contributed by atoms with Crippen LogP contribution >= 0.6 is 0 Å². The van der Waals surface area contributed by atoms with Gasteiger partial charge in [0.05, 0.1) is 17.4 Å². The lowest BCUT2D eigenvalue weighted by atomic mass is 10.0. The number of fused-ring (bicyclic) bond motifs is 1. The van der Waals surface area contributed by atoms with Gasteiger partial charge < -0.3 is 16.0 Å². The highest BCUT2D eigenvalue weighted by molar-refractivity contribution is 6.20. The molecule has 128 valence electrons. The molecule has 0 unspecified atom stereocenters. The number of hydrogen-bond donors (Lipinski definition) is 2. The smallest absolute Gasteiger partial charge is 0.272 e. The number of carbonyl (C=O) groups is 2. The number of nitrogens with one attached hydrogen (secondary N) is 1. The third-order valence-corrected chi connectivity index (χ3v) is 4.08. The number of anilines is 1. The number of hydrogen-bond acceptors (Lipinski definition) is 4. The summed E-state index contributed by atoms with van der Waals surface area (Å²) in [5.74, 6) is -0.735. The van der Waals surface area contributed by atoms with E-state index < -0.39 is 18.1 Å². The molecule has 3 rings (SSSR count). The van der Waals surface area contributed by atoms with Gasteiger partial charge in [-0.25, -0.2) is 4.99 Å². The van der Waals surface area contributed by atoms with Crippen LogP contribution in [-0.4, -0.2) is 36.8 Å². The molecular formula is C19H20N4O2. The van der Waals surface area contributed by atoms with Crippen molar-refractivity contribution in [1.82, 2.24) is 5.32 Å². The van der Waals surface area contributed by atoms with Crippen LogP contribution in [0.3, 0.4) is 0 Å². The molecule has 0 aromatic heterocycles. The molecule has 0 saturated carbocycles. The average Bonchev–Trinajstić information content (AvgIpc) is 2.73. The highest BCUT2D eigenvalue weighted by atomic mass is 16.2. The fourth-order valence-corrected chi connectivity index (χ4v) is 2.71. The van der Waals surface area contributed by atoms with Gasteiger partial charge >= 0.3 is 0 Å². The standard InChI is InChI=1S/C19H20N4O2/c1-12(20)18(24)22-17-19(25)23(2)15-11-7-6-10-14(15)16(21-17)13-8-4-3-5-9-13/h3-12,17H,20H2,1-2H3,(H,22,24)/t12-,17+/m0/s1. The number of likely N-dealkylation sites (N-methyl/N-ethyl adjacent to an activating group) is 1. The van der Waals surface area contributed by atoms with Gasteiger partial charge in [0, 0.05) is 18.2 Å². The van der Waals surface area contributed by atoms with Gasteiger partial charge in [-0.05, 0) is 13.0 Å². The Morgan fingerprint density at radius 3 is 2.48 bits per heavy atom. The van der Waals surface area contributed by atoms with Crippen molar-refractivity contribution >= 4 is 23.2 Å². The van der Waals surface area contributed by atoms with Gasteiger partial charge in [0.2, 0.25) is 12.1 Å². The molecule has 2 aromatic carbocycles. The van der Waals surface area contributed by atoms with E-state index in [0.717, 1.165) is 16.8 Å². The maximum atomic E-state index is 12.8. The fourth-order valence-electron chi connectivity index (χ4n) is 2.71. The van der Waals surface area contributed by atoms with Crippen LogP contribution in [0.4, 0.5) is 5.69 Å². The number of benzene rings is 2. The molecule has 0 radical (unpaired) electrons. The summed E-state index contributed by atoms with van der Waals surface area (Å²) in [7, 11) is 1.68. The van der Waals surface area contributed by atoms with Gasteiger partial charge in [-0.1, -0.05) is 48.5 Å². The summed E-state index contributed by atoms with van der Waals surface area (Å²) in [5, 5.41) is 2.63. The van der Waals surface area contributed by atoms with Gasteiger partial charge in [-0.15, -0.1) is 0 Å². The zero-order valence-corrected chi connectivity index (χ0v) is 14.1. The Labute approximate surface area is 146 Å². The van der Waals surface area contributed by atoms with Crippen LogP contribution in [0.1, 0.15) is 18.1 Å². The molecule has 1 heterocycles. The molecule has 2 atom stereocenters. The number of aliphatic imine (C=N–C) groups is 1. The SMILES string of the molecule is C[C@H](N)C(=O)N[C@H]1N=C(c2ccccc2)c2ccccc2N(C)C1=O. The van der Waals surface area contributed by atoms with Gasteiger partial charge in [0.25, 0.3) is 5.91 Å². The number of nitrogens with zero attached hydrogens (tertiary/aromatic N) is 2. The molecule has 1 aliphatic rings. The minimum atomic E-state index is -1.02. The molecule has 2 amide bonds. The minimum Gasteiger partial charge on any atom is -0.325 e. The zero-order valence-electron chi connectivity index (χ0n) is 14.1. The van der Waals surface area contributed by atoms with E-state index in [9.17, 15) is 9.59 Å². The highest BCUT2D eigenvalue weighted by Crippen LogP contribution is 2.27. The van der Waals surface area contributed by atoms with E-state index >= 15 is 0 Å². The molecule has 2 aromatic rings. The first-order valence-electron chi connectivity index (χ1n) is 8.05. The maximum Gasteiger partial charge on any atom is 0.272 e. The van der Waals surface area contributed by atoms with Crippen molar-refractivity contribution in [3.05, 3.63) is 65.7 Å². The van der Waals surface area contributed by atoms with E-state index in [0.29, 0.717) is 5.71 Å². The summed E-state index contributed by atoms with van der Waals surface area (Å²) in [6.07, 6.45) is -1.02. The average molecular weight is 336 g/mol. The number of para-hydroxylation sites is 1. The number of benzodiazepines with no additional fused rings is 1. The second kappa shape index (κ2) is 6.86. The normalized spacial score (nSPS) is 18.0. The van der Waals surface area contributed by atoms with Crippen LogP contribution in [0.5, 0.6) is 0 Å². The molecule has 0 spiro atoms. The van der Waals surface area contributed by atoms with E-state index in [1.807, 2.05) is 54.6 Å². The van der Waals surface area contributed by atoms with Crippen LogP contribution < -0.4 is 16.0 Å².